The summed E-state index contributed by atoms with van der Waals surface area (Å²) in [6.07, 6.45) is 0. The zero-order chi connectivity index (χ0) is 16.6. The van der Waals surface area contributed by atoms with E-state index in [2.05, 4.69) is 21.2 Å². The topological polar surface area (TPSA) is 73.6 Å². The molecule has 0 fully saturated rings. The van der Waals surface area contributed by atoms with E-state index in [0.29, 0.717) is 23.5 Å². The number of benzene rings is 2. The van der Waals surface area contributed by atoms with Crippen molar-refractivity contribution in [2.24, 2.45) is 0 Å². The molecule has 0 saturated heterocycles. The number of halogens is 1. The number of carbonyl (C=O) groups excluding carboxylic acids is 1. The Labute approximate surface area is 142 Å². The first kappa shape index (κ1) is 15.8. The minimum Gasteiger partial charge on any atom is -0.468 e. The summed E-state index contributed by atoms with van der Waals surface area (Å²) in [6.45, 7) is 2.67. The lowest BCUT2D eigenvalue weighted by molar-refractivity contribution is 0.0511. The number of ether oxygens (including phenoxy) is 2. The molecule has 1 heterocycles. The van der Waals surface area contributed by atoms with Gasteiger partial charge in [-0.25, -0.2) is 0 Å². The summed E-state index contributed by atoms with van der Waals surface area (Å²) in [5.74, 6) is 0.553. The predicted octanol–water partition coefficient (Wildman–Crippen LogP) is 3.23. The van der Waals surface area contributed by atoms with Crippen molar-refractivity contribution in [2.75, 3.05) is 19.6 Å². The summed E-state index contributed by atoms with van der Waals surface area (Å²) in [6, 6.07) is 7.70. The number of fused-ring (bicyclic) bond motifs is 1. The van der Waals surface area contributed by atoms with Crippen LogP contribution in [0.15, 0.2) is 28.7 Å². The van der Waals surface area contributed by atoms with Gasteiger partial charge in [0.25, 0.3) is 5.91 Å². The minimum absolute atomic E-state index is 0.135. The highest BCUT2D eigenvalue weighted by Gasteiger charge is 2.26. The van der Waals surface area contributed by atoms with E-state index in [9.17, 15) is 4.79 Å². The molecule has 0 atom stereocenters. The van der Waals surface area contributed by atoms with E-state index in [1.807, 2.05) is 31.2 Å². The van der Waals surface area contributed by atoms with Gasteiger partial charge in [0, 0.05) is 29.3 Å². The molecule has 1 aliphatic heterocycles. The van der Waals surface area contributed by atoms with E-state index in [1.165, 1.54) is 0 Å². The SMILES string of the molecule is COCOc1ccc(C)c(-c2cc(Br)c3c(c2N)C(=O)NC3)c1. The van der Waals surface area contributed by atoms with Crippen LogP contribution in [0.3, 0.4) is 0 Å². The molecule has 3 rings (SSSR count). The van der Waals surface area contributed by atoms with Crippen LogP contribution in [0.4, 0.5) is 5.69 Å². The van der Waals surface area contributed by atoms with Crippen LogP contribution in [0.25, 0.3) is 11.1 Å². The second kappa shape index (κ2) is 6.22. The van der Waals surface area contributed by atoms with Crippen molar-refractivity contribution >= 4 is 27.5 Å². The van der Waals surface area contributed by atoms with Gasteiger partial charge in [-0.1, -0.05) is 22.0 Å². The lowest BCUT2D eigenvalue weighted by Crippen LogP contribution is -2.13. The largest absolute Gasteiger partial charge is 0.468 e. The number of rotatable bonds is 4. The molecule has 0 bridgehead atoms. The van der Waals surface area contributed by atoms with E-state index < -0.39 is 0 Å². The molecule has 2 aromatic rings. The van der Waals surface area contributed by atoms with Gasteiger partial charge in [0.2, 0.25) is 0 Å². The van der Waals surface area contributed by atoms with Crippen LogP contribution in [0, 0.1) is 6.92 Å². The third-order valence-corrected chi connectivity index (χ3v) is 4.62. The summed E-state index contributed by atoms with van der Waals surface area (Å²) in [4.78, 5) is 12.1. The number of hydrogen-bond acceptors (Lipinski definition) is 4. The van der Waals surface area contributed by atoms with Gasteiger partial charge in [-0.3, -0.25) is 4.79 Å². The minimum atomic E-state index is -0.135. The number of hydrogen-bond donors (Lipinski definition) is 2. The van der Waals surface area contributed by atoms with Crippen LogP contribution in [0.1, 0.15) is 21.5 Å². The third kappa shape index (κ3) is 2.80. The van der Waals surface area contributed by atoms with Gasteiger partial charge in [-0.2, -0.15) is 0 Å². The molecular formula is C17H17BrN2O3. The number of anilines is 1. The summed E-state index contributed by atoms with van der Waals surface area (Å²) < 4.78 is 11.3. The van der Waals surface area contributed by atoms with E-state index in [4.69, 9.17) is 15.2 Å². The molecule has 0 aromatic heterocycles. The van der Waals surface area contributed by atoms with Crippen molar-refractivity contribution in [3.05, 3.63) is 45.4 Å². The van der Waals surface area contributed by atoms with Crippen molar-refractivity contribution in [1.29, 1.82) is 0 Å². The molecular weight excluding hydrogens is 360 g/mol. The van der Waals surface area contributed by atoms with Gasteiger partial charge in [0.1, 0.15) is 5.75 Å². The van der Waals surface area contributed by atoms with E-state index >= 15 is 0 Å². The molecule has 1 amide bonds. The first-order chi connectivity index (χ1) is 11.0. The van der Waals surface area contributed by atoms with Crippen molar-refractivity contribution in [1.82, 2.24) is 5.32 Å². The van der Waals surface area contributed by atoms with Crippen LogP contribution in [0.5, 0.6) is 5.75 Å². The monoisotopic (exact) mass is 376 g/mol. The molecule has 5 nitrogen and oxygen atoms in total. The van der Waals surface area contributed by atoms with Gasteiger partial charge >= 0.3 is 0 Å². The lowest BCUT2D eigenvalue weighted by Gasteiger charge is -2.15. The maximum absolute atomic E-state index is 12.1. The van der Waals surface area contributed by atoms with Gasteiger partial charge in [-0.15, -0.1) is 0 Å². The summed E-state index contributed by atoms with van der Waals surface area (Å²) in [5.41, 5.74) is 11.0. The van der Waals surface area contributed by atoms with Gasteiger partial charge in [0.15, 0.2) is 6.79 Å². The van der Waals surface area contributed by atoms with Crippen molar-refractivity contribution in [3.63, 3.8) is 0 Å². The fraction of sp³-hybridized carbons (Fsp3) is 0.235. The van der Waals surface area contributed by atoms with Crippen molar-refractivity contribution in [2.45, 2.75) is 13.5 Å². The Kier molecular flexibility index (Phi) is 4.28. The first-order valence-corrected chi connectivity index (χ1v) is 7.94. The predicted molar refractivity (Wildman–Crippen MR) is 92.4 cm³/mol. The Balaban J connectivity index is 2.14. The summed E-state index contributed by atoms with van der Waals surface area (Å²) in [7, 11) is 1.57. The highest BCUT2D eigenvalue weighted by atomic mass is 79.9. The molecule has 1 aliphatic rings. The van der Waals surface area contributed by atoms with Crippen molar-refractivity contribution < 1.29 is 14.3 Å². The fourth-order valence-corrected chi connectivity index (χ4v) is 3.30. The van der Waals surface area contributed by atoms with Gasteiger partial charge < -0.3 is 20.5 Å². The molecule has 0 radical (unpaired) electrons. The quantitative estimate of drug-likeness (QED) is 0.634. The molecule has 0 aliphatic carbocycles. The van der Waals surface area contributed by atoms with E-state index in [0.717, 1.165) is 26.7 Å². The standard InChI is InChI=1S/C17H17BrN2O3/c1-9-3-4-10(23-8-22-2)5-11(9)12-6-14(18)13-7-20-17(21)15(13)16(12)19/h3-6H,7-8,19H2,1-2H3,(H,20,21). The second-order valence-corrected chi connectivity index (χ2v) is 6.24. The van der Waals surface area contributed by atoms with Gasteiger partial charge in [-0.05, 0) is 36.2 Å². The number of nitrogens with two attached hydrogens (primary N) is 1. The highest BCUT2D eigenvalue weighted by molar-refractivity contribution is 9.10. The third-order valence-electron chi connectivity index (χ3n) is 3.92. The van der Waals surface area contributed by atoms with Gasteiger partial charge in [0.05, 0.1) is 11.3 Å². The molecule has 23 heavy (non-hydrogen) atoms. The van der Waals surface area contributed by atoms with E-state index in [-0.39, 0.29) is 12.7 Å². The number of amides is 1. The normalized spacial score (nSPS) is 12.9. The molecule has 2 aromatic carbocycles. The Morgan fingerprint density at radius 2 is 2.09 bits per heavy atom. The Bertz CT molecular complexity index is 790. The first-order valence-electron chi connectivity index (χ1n) is 7.14. The zero-order valence-electron chi connectivity index (χ0n) is 12.9. The maximum Gasteiger partial charge on any atom is 0.254 e. The maximum atomic E-state index is 12.1. The smallest absolute Gasteiger partial charge is 0.254 e. The lowest BCUT2D eigenvalue weighted by atomic mass is 9.94. The molecule has 120 valence electrons. The van der Waals surface area contributed by atoms with E-state index in [1.54, 1.807) is 7.11 Å². The zero-order valence-corrected chi connectivity index (χ0v) is 14.5. The molecule has 6 heteroatoms. The Hall–Kier alpha value is -2.05. The summed E-state index contributed by atoms with van der Waals surface area (Å²) in [5, 5.41) is 2.81. The molecule has 0 spiro atoms. The highest BCUT2D eigenvalue weighted by Crippen LogP contribution is 2.39. The average molecular weight is 377 g/mol. The molecule has 3 N–H and O–H groups in total. The number of carbonyl (C=O) groups is 1. The molecule has 0 unspecified atom stereocenters. The number of methoxy groups -OCH3 is 1. The second-order valence-electron chi connectivity index (χ2n) is 5.38. The number of nitrogen functional groups attached to an aromatic ring is 1. The number of aryl methyl sites for hydroxylation is 1. The van der Waals surface area contributed by atoms with Crippen LogP contribution in [-0.4, -0.2) is 19.8 Å². The average Bonchev–Trinajstić information content (AvgIpc) is 2.93. The van der Waals surface area contributed by atoms with Crippen LogP contribution in [0.2, 0.25) is 0 Å². The number of nitrogens with one attached hydrogen (secondary N) is 1. The Morgan fingerprint density at radius 1 is 1.30 bits per heavy atom. The van der Waals surface area contributed by atoms with Crippen LogP contribution >= 0.6 is 15.9 Å². The summed E-state index contributed by atoms with van der Waals surface area (Å²) >= 11 is 3.54. The Morgan fingerprint density at radius 3 is 2.83 bits per heavy atom. The van der Waals surface area contributed by atoms with Crippen LogP contribution in [-0.2, 0) is 11.3 Å². The van der Waals surface area contributed by atoms with Crippen molar-refractivity contribution in [3.8, 4) is 16.9 Å². The molecule has 0 saturated carbocycles. The fourth-order valence-electron chi connectivity index (χ4n) is 2.73. The van der Waals surface area contributed by atoms with Crippen LogP contribution < -0.4 is 15.8 Å².